The molecule has 0 amide bonds. The molecule has 0 spiro atoms. The Bertz CT molecular complexity index is 982. The van der Waals surface area contributed by atoms with Gasteiger partial charge in [-0.1, -0.05) is 41.9 Å². The molecule has 5 heteroatoms. The highest BCUT2D eigenvalue weighted by molar-refractivity contribution is 6.31. The molecule has 118 valence electrons. The van der Waals surface area contributed by atoms with E-state index in [1.165, 1.54) is 0 Å². The van der Waals surface area contributed by atoms with Crippen molar-refractivity contribution in [3.8, 4) is 11.3 Å². The van der Waals surface area contributed by atoms with Crippen LogP contribution in [-0.2, 0) is 6.54 Å². The molecule has 0 aliphatic rings. The Kier molecular flexibility index (Phi) is 3.89. The molecule has 4 rings (SSSR count). The monoisotopic (exact) mass is 335 g/mol. The number of nitrogens with one attached hydrogen (secondary N) is 1. The highest BCUT2D eigenvalue weighted by Crippen LogP contribution is 2.25. The number of oxazole rings is 1. The molecule has 2 aromatic heterocycles. The van der Waals surface area contributed by atoms with E-state index >= 15 is 0 Å². The van der Waals surface area contributed by atoms with E-state index in [-0.39, 0.29) is 0 Å². The summed E-state index contributed by atoms with van der Waals surface area (Å²) in [7, 11) is 0. The van der Waals surface area contributed by atoms with Crippen LogP contribution in [0.1, 0.15) is 5.89 Å². The van der Waals surface area contributed by atoms with E-state index in [9.17, 15) is 0 Å². The van der Waals surface area contributed by atoms with Crippen molar-refractivity contribution in [2.45, 2.75) is 6.54 Å². The fourth-order valence-electron chi connectivity index (χ4n) is 2.58. The third-order valence-electron chi connectivity index (χ3n) is 3.76. The molecule has 4 aromatic rings. The van der Waals surface area contributed by atoms with E-state index in [2.05, 4.69) is 15.3 Å². The van der Waals surface area contributed by atoms with Crippen LogP contribution < -0.4 is 5.32 Å². The van der Waals surface area contributed by atoms with Gasteiger partial charge in [0.2, 0.25) is 5.89 Å². The second-order valence-electron chi connectivity index (χ2n) is 5.37. The lowest BCUT2D eigenvalue weighted by Gasteiger charge is -2.07. The molecule has 0 aliphatic heterocycles. The van der Waals surface area contributed by atoms with Crippen molar-refractivity contribution in [1.29, 1.82) is 0 Å². The Morgan fingerprint density at radius 1 is 1.04 bits per heavy atom. The van der Waals surface area contributed by atoms with Gasteiger partial charge < -0.3 is 9.73 Å². The third kappa shape index (κ3) is 2.96. The Morgan fingerprint density at radius 3 is 2.79 bits per heavy atom. The number of hydrogen-bond acceptors (Lipinski definition) is 4. The smallest absolute Gasteiger partial charge is 0.213 e. The van der Waals surface area contributed by atoms with Gasteiger partial charge in [0.15, 0.2) is 0 Å². The van der Waals surface area contributed by atoms with Crippen LogP contribution in [0.4, 0.5) is 5.69 Å². The predicted molar refractivity (Wildman–Crippen MR) is 96.0 cm³/mol. The van der Waals surface area contributed by atoms with Crippen molar-refractivity contribution in [3.63, 3.8) is 0 Å². The van der Waals surface area contributed by atoms with Gasteiger partial charge in [-0.05, 0) is 24.3 Å². The van der Waals surface area contributed by atoms with Crippen molar-refractivity contribution in [2.75, 3.05) is 5.32 Å². The van der Waals surface area contributed by atoms with E-state index in [1.54, 1.807) is 12.5 Å². The summed E-state index contributed by atoms with van der Waals surface area (Å²) < 4.78 is 5.56. The molecule has 4 nitrogen and oxygen atoms in total. The summed E-state index contributed by atoms with van der Waals surface area (Å²) in [4.78, 5) is 8.86. The number of hydrogen-bond donors (Lipinski definition) is 1. The van der Waals surface area contributed by atoms with Crippen molar-refractivity contribution in [3.05, 3.63) is 78.0 Å². The lowest BCUT2D eigenvalue weighted by Crippen LogP contribution is -2.00. The van der Waals surface area contributed by atoms with Crippen LogP contribution in [0, 0.1) is 0 Å². The maximum atomic E-state index is 6.02. The number of halogens is 1. The van der Waals surface area contributed by atoms with Gasteiger partial charge in [-0.2, -0.15) is 0 Å². The van der Waals surface area contributed by atoms with Gasteiger partial charge in [-0.3, -0.25) is 4.98 Å². The number of anilines is 1. The van der Waals surface area contributed by atoms with Crippen LogP contribution >= 0.6 is 11.6 Å². The molecule has 0 bridgehead atoms. The molecular formula is C19H14ClN3O. The largest absolute Gasteiger partial charge is 0.446 e. The minimum Gasteiger partial charge on any atom is -0.446 e. The number of aromatic nitrogens is 2. The first-order valence-corrected chi connectivity index (χ1v) is 7.95. The van der Waals surface area contributed by atoms with Crippen molar-refractivity contribution in [2.24, 2.45) is 0 Å². The summed E-state index contributed by atoms with van der Waals surface area (Å²) in [5, 5.41) is 5.03. The zero-order chi connectivity index (χ0) is 16.4. The Balaban J connectivity index is 1.55. The molecule has 2 aromatic carbocycles. The maximum absolute atomic E-state index is 6.02. The van der Waals surface area contributed by atoms with Crippen molar-refractivity contribution >= 4 is 28.2 Å². The maximum Gasteiger partial charge on any atom is 0.213 e. The summed E-state index contributed by atoms with van der Waals surface area (Å²) in [5.41, 5.74) is 3.69. The Labute approximate surface area is 144 Å². The van der Waals surface area contributed by atoms with E-state index < -0.39 is 0 Å². The topological polar surface area (TPSA) is 51.0 Å². The number of pyridine rings is 1. The van der Waals surface area contributed by atoms with E-state index in [0.717, 1.165) is 27.8 Å². The van der Waals surface area contributed by atoms with Gasteiger partial charge in [-0.25, -0.2) is 4.98 Å². The molecule has 1 N–H and O–H groups in total. The second kappa shape index (κ2) is 6.34. The van der Waals surface area contributed by atoms with Gasteiger partial charge in [-0.15, -0.1) is 0 Å². The summed E-state index contributed by atoms with van der Waals surface area (Å²) in [6.07, 6.45) is 3.43. The fraction of sp³-hybridized carbons (Fsp3) is 0.0526. The van der Waals surface area contributed by atoms with Gasteiger partial charge in [0.1, 0.15) is 12.0 Å². The average Bonchev–Trinajstić information content (AvgIpc) is 3.09. The highest BCUT2D eigenvalue weighted by atomic mass is 35.5. The number of benzene rings is 2. The number of fused-ring (bicyclic) bond motifs is 1. The first-order valence-electron chi connectivity index (χ1n) is 7.57. The number of rotatable bonds is 4. The summed E-state index contributed by atoms with van der Waals surface area (Å²) in [6, 6.07) is 17.6. The molecule has 0 atom stereocenters. The van der Waals surface area contributed by atoms with Gasteiger partial charge in [0, 0.05) is 27.9 Å². The van der Waals surface area contributed by atoms with Crippen LogP contribution in [0.5, 0.6) is 0 Å². The van der Waals surface area contributed by atoms with Gasteiger partial charge in [0.05, 0.1) is 12.1 Å². The quantitative estimate of drug-likeness (QED) is 0.560. The van der Waals surface area contributed by atoms with Crippen LogP contribution in [0.15, 0.2) is 71.5 Å². The third-order valence-corrected chi connectivity index (χ3v) is 3.99. The lowest BCUT2D eigenvalue weighted by molar-refractivity contribution is 0.504. The first kappa shape index (κ1) is 14.7. The normalized spacial score (nSPS) is 10.9. The molecule has 0 saturated heterocycles. The first-order chi connectivity index (χ1) is 11.8. The highest BCUT2D eigenvalue weighted by Gasteiger charge is 2.07. The molecule has 24 heavy (non-hydrogen) atoms. The summed E-state index contributed by atoms with van der Waals surface area (Å²) >= 11 is 6.02. The van der Waals surface area contributed by atoms with Crippen LogP contribution in [0.3, 0.4) is 0 Å². The Morgan fingerprint density at radius 2 is 1.92 bits per heavy atom. The van der Waals surface area contributed by atoms with E-state index in [1.807, 2.05) is 54.6 Å². The molecule has 0 unspecified atom stereocenters. The molecule has 0 aliphatic carbocycles. The fourth-order valence-corrected chi connectivity index (χ4v) is 2.75. The van der Waals surface area contributed by atoms with Crippen molar-refractivity contribution < 1.29 is 4.42 Å². The minimum atomic E-state index is 0.495. The standard InChI is InChI=1S/C19H14ClN3O/c20-14-6-7-15-16(8-9-21-17(15)10-14)22-11-19-23-18(12-24-19)13-4-2-1-3-5-13/h1-10,12H,11H2,(H,21,22). The van der Waals surface area contributed by atoms with Crippen molar-refractivity contribution in [1.82, 2.24) is 9.97 Å². The Hall–Kier alpha value is -2.85. The minimum absolute atomic E-state index is 0.495. The van der Waals surface area contributed by atoms with Crippen LogP contribution in [0.2, 0.25) is 5.02 Å². The van der Waals surface area contributed by atoms with E-state index in [0.29, 0.717) is 17.5 Å². The summed E-state index contributed by atoms with van der Waals surface area (Å²) in [5.74, 6) is 0.632. The number of nitrogens with zero attached hydrogens (tertiary/aromatic N) is 2. The predicted octanol–water partition coefficient (Wildman–Crippen LogP) is 5.16. The lowest BCUT2D eigenvalue weighted by atomic mass is 10.2. The molecule has 0 fully saturated rings. The zero-order valence-corrected chi connectivity index (χ0v) is 13.5. The second-order valence-corrected chi connectivity index (χ2v) is 5.80. The molecular weight excluding hydrogens is 322 g/mol. The van der Waals surface area contributed by atoms with Gasteiger partial charge >= 0.3 is 0 Å². The van der Waals surface area contributed by atoms with Crippen LogP contribution in [-0.4, -0.2) is 9.97 Å². The summed E-state index contributed by atoms with van der Waals surface area (Å²) in [6.45, 7) is 0.495. The molecule has 0 radical (unpaired) electrons. The van der Waals surface area contributed by atoms with Crippen LogP contribution in [0.25, 0.3) is 22.2 Å². The zero-order valence-electron chi connectivity index (χ0n) is 12.7. The van der Waals surface area contributed by atoms with Gasteiger partial charge in [0.25, 0.3) is 0 Å². The molecule has 0 saturated carbocycles. The van der Waals surface area contributed by atoms with E-state index in [4.69, 9.17) is 16.0 Å². The molecule has 2 heterocycles. The average molecular weight is 336 g/mol. The SMILES string of the molecule is Clc1ccc2c(NCc3nc(-c4ccccc4)co3)ccnc2c1.